The number of hydrogen-bond donors (Lipinski definition) is 1. The Morgan fingerprint density at radius 2 is 1.85 bits per heavy atom. The number of aromatic nitrogens is 2. The molecule has 0 bridgehead atoms. The van der Waals surface area contributed by atoms with E-state index in [0.717, 1.165) is 27.3 Å². The van der Waals surface area contributed by atoms with Gasteiger partial charge in [0.25, 0.3) is 5.91 Å². The molecular weight excluding hydrogens is 472 g/mol. The predicted molar refractivity (Wildman–Crippen MR) is 136 cm³/mol. The first kappa shape index (κ1) is 23.7. The zero-order valence-corrected chi connectivity index (χ0v) is 20.3. The molecule has 4 aromatic rings. The minimum absolute atomic E-state index is 0.174. The van der Waals surface area contributed by atoms with Gasteiger partial charge in [0.05, 0.1) is 43.8 Å². The number of carbonyl (C=O) groups is 1. The van der Waals surface area contributed by atoms with Gasteiger partial charge in [0.15, 0.2) is 16.7 Å². The van der Waals surface area contributed by atoms with E-state index >= 15 is 0 Å². The van der Waals surface area contributed by atoms with Gasteiger partial charge in [0.2, 0.25) is 0 Å². The summed E-state index contributed by atoms with van der Waals surface area (Å²) in [6.07, 6.45) is 1.56. The van der Waals surface area contributed by atoms with Crippen LogP contribution >= 0.6 is 23.4 Å². The molecule has 1 N–H and O–H groups in total. The van der Waals surface area contributed by atoms with Crippen LogP contribution in [-0.4, -0.2) is 41.6 Å². The third-order valence-electron chi connectivity index (χ3n) is 5.02. The van der Waals surface area contributed by atoms with E-state index in [4.69, 9.17) is 26.1 Å². The number of carbonyl (C=O) groups excluding carboxylic acids is 1. The fourth-order valence-electron chi connectivity index (χ4n) is 3.36. The maximum atomic E-state index is 12.4. The van der Waals surface area contributed by atoms with Crippen molar-refractivity contribution in [2.45, 2.75) is 11.7 Å². The highest BCUT2D eigenvalue weighted by Crippen LogP contribution is 2.27. The maximum Gasteiger partial charge on any atom is 0.250 e. The molecule has 0 fully saturated rings. The Balaban J connectivity index is 1.42. The quantitative estimate of drug-likeness (QED) is 0.201. The van der Waals surface area contributed by atoms with Crippen molar-refractivity contribution in [1.82, 2.24) is 15.0 Å². The molecule has 0 aliphatic carbocycles. The molecule has 3 aromatic carbocycles. The van der Waals surface area contributed by atoms with Crippen LogP contribution in [0.4, 0.5) is 0 Å². The smallest absolute Gasteiger partial charge is 0.250 e. The van der Waals surface area contributed by atoms with Gasteiger partial charge in [-0.1, -0.05) is 47.6 Å². The third kappa shape index (κ3) is 5.70. The summed E-state index contributed by atoms with van der Waals surface area (Å²) in [6.45, 7) is 0.624. The van der Waals surface area contributed by atoms with Gasteiger partial charge in [-0.15, -0.1) is 0 Å². The SMILES string of the molecule is COc1ccc(/C=N\NC(=O)CSc2nc3ccccc3n2Cc2ccc(Cl)cc2)cc1OC. The number of para-hydroxylation sites is 2. The highest BCUT2D eigenvalue weighted by Gasteiger charge is 2.13. The second-order valence-corrected chi connectivity index (χ2v) is 8.67. The van der Waals surface area contributed by atoms with Gasteiger partial charge >= 0.3 is 0 Å². The van der Waals surface area contributed by atoms with Crippen molar-refractivity contribution >= 4 is 46.5 Å². The van der Waals surface area contributed by atoms with Crippen molar-refractivity contribution in [1.29, 1.82) is 0 Å². The lowest BCUT2D eigenvalue weighted by molar-refractivity contribution is -0.118. The highest BCUT2D eigenvalue weighted by atomic mass is 35.5. The predicted octanol–water partition coefficient (Wildman–Crippen LogP) is 5.00. The summed E-state index contributed by atoms with van der Waals surface area (Å²) in [5.74, 6) is 1.16. The van der Waals surface area contributed by atoms with Crippen molar-refractivity contribution in [2.24, 2.45) is 5.10 Å². The molecule has 0 unspecified atom stereocenters. The topological polar surface area (TPSA) is 77.7 Å². The molecule has 0 saturated carbocycles. The van der Waals surface area contributed by atoms with Crippen molar-refractivity contribution in [3.63, 3.8) is 0 Å². The maximum absolute atomic E-state index is 12.4. The lowest BCUT2D eigenvalue weighted by atomic mass is 10.2. The van der Waals surface area contributed by atoms with Crippen molar-refractivity contribution in [3.8, 4) is 11.5 Å². The molecule has 4 rings (SSSR count). The molecule has 0 atom stereocenters. The number of ether oxygens (including phenoxy) is 2. The summed E-state index contributed by atoms with van der Waals surface area (Å²) in [5.41, 5.74) is 6.32. The van der Waals surface area contributed by atoms with Crippen molar-refractivity contribution < 1.29 is 14.3 Å². The van der Waals surface area contributed by atoms with E-state index in [0.29, 0.717) is 23.1 Å². The summed E-state index contributed by atoms with van der Waals surface area (Å²) in [6, 6.07) is 21.0. The number of fused-ring (bicyclic) bond motifs is 1. The van der Waals surface area contributed by atoms with Gasteiger partial charge in [-0.2, -0.15) is 5.10 Å². The first-order valence-corrected chi connectivity index (χ1v) is 11.8. The minimum atomic E-state index is -0.230. The van der Waals surface area contributed by atoms with E-state index in [1.54, 1.807) is 32.6 Å². The number of imidazole rings is 1. The normalized spacial score (nSPS) is 11.1. The minimum Gasteiger partial charge on any atom is -0.493 e. The first-order valence-electron chi connectivity index (χ1n) is 10.4. The van der Waals surface area contributed by atoms with Crippen LogP contribution in [-0.2, 0) is 11.3 Å². The number of nitrogens with one attached hydrogen (secondary N) is 1. The summed E-state index contributed by atoms with van der Waals surface area (Å²) in [7, 11) is 3.14. The number of thioether (sulfide) groups is 1. The van der Waals surface area contributed by atoms with Crippen LogP contribution < -0.4 is 14.9 Å². The standard InChI is InChI=1S/C25H23ClN4O3S/c1-32-22-12-9-18(13-23(22)33-2)14-27-29-24(31)16-34-25-28-20-5-3-4-6-21(20)30(25)15-17-7-10-19(26)11-8-17/h3-14H,15-16H2,1-2H3,(H,29,31)/b27-14-. The lowest BCUT2D eigenvalue weighted by Crippen LogP contribution is -2.20. The van der Waals surface area contributed by atoms with E-state index < -0.39 is 0 Å². The Hall–Kier alpha value is -3.49. The Morgan fingerprint density at radius 1 is 1.09 bits per heavy atom. The van der Waals surface area contributed by atoms with Crippen molar-refractivity contribution in [2.75, 3.05) is 20.0 Å². The monoisotopic (exact) mass is 494 g/mol. The first-order chi connectivity index (χ1) is 16.6. The van der Waals surface area contributed by atoms with E-state index in [1.165, 1.54) is 11.8 Å². The van der Waals surface area contributed by atoms with Gasteiger partial charge in [-0.3, -0.25) is 4.79 Å². The molecule has 0 radical (unpaired) electrons. The Morgan fingerprint density at radius 3 is 2.62 bits per heavy atom. The van der Waals surface area contributed by atoms with Gasteiger partial charge in [0, 0.05) is 5.02 Å². The third-order valence-corrected chi connectivity index (χ3v) is 6.24. The Kier molecular flexibility index (Phi) is 7.72. The zero-order valence-electron chi connectivity index (χ0n) is 18.7. The van der Waals surface area contributed by atoms with E-state index in [-0.39, 0.29) is 11.7 Å². The molecule has 0 aliphatic heterocycles. The van der Waals surface area contributed by atoms with Crippen molar-refractivity contribution in [3.05, 3.63) is 82.9 Å². The molecule has 0 aliphatic rings. The number of benzene rings is 3. The molecule has 7 nitrogen and oxygen atoms in total. The number of hydrazone groups is 1. The summed E-state index contributed by atoms with van der Waals surface area (Å²) in [4.78, 5) is 17.1. The second kappa shape index (κ2) is 11.1. The Bertz CT molecular complexity index is 1320. The largest absolute Gasteiger partial charge is 0.493 e. The molecule has 1 aromatic heterocycles. The molecule has 0 spiro atoms. The van der Waals surface area contributed by atoms with E-state index in [9.17, 15) is 4.79 Å². The fraction of sp³-hybridized carbons (Fsp3) is 0.160. The van der Waals surface area contributed by atoms with Gasteiger partial charge in [0.1, 0.15) is 0 Å². The van der Waals surface area contributed by atoms with Crippen LogP contribution in [0.1, 0.15) is 11.1 Å². The molecular formula is C25H23ClN4O3S. The van der Waals surface area contributed by atoms with Crippen LogP contribution in [0.2, 0.25) is 5.02 Å². The lowest BCUT2D eigenvalue weighted by Gasteiger charge is -2.09. The van der Waals surface area contributed by atoms with E-state index in [2.05, 4.69) is 15.1 Å². The summed E-state index contributed by atoms with van der Waals surface area (Å²) in [5, 5.41) is 5.51. The number of amides is 1. The van der Waals surface area contributed by atoms with Gasteiger partial charge in [-0.25, -0.2) is 10.4 Å². The highest BCUT2D eigenvalue weighted by molar-refractivity contribution is 7.99. The van der Waals surface area contributed by atoms with E-state index in [1.807, 2.05) is 54.6 Å². The number of nitrogens with zero attached hydrogens (tertiary/aromatic N) is 3. The fourth-order valence-corrected chi connectivity index (χ4v) is 4.30. The van der Waals surface area contributed by atoms with Crippen LogP contribution in [0.5, 0.6) is 11.5 Å². The second-order valence-electron chi connectivity index (χ2n) is 7.29. The average Bonchev–Trinajstić information content (AvgIpc) is 3.21. The molecule has 9 heteroatoms. The number of rotatable bonds is 9. The van der Waals surface area contributed by atoms with Crippen LogP contribution in [0.25, 0.3) is 11.0 Å². The molecule has 174 valence electrons. The number of halogens is 1. The number of methoxy groups -OCH3 is 2. The summed E-state index contributed by atoms with van der Waals surface area (Å²) >= 11 is 7.39. The molecule has 1 heterocycles. The van der Waals surface area contributed by atoms with Gasteiger partial charge in [-0.05, 0) is 53.6 Å². The van der Waals surface area contributed by atoms with Gasteiger partial charge < -0.3 is 14.0 Å². The average molecular weight is 495 g/mol. The van der Waals surface area contributed by atoms with Crippen LogP contribution in [0, 0.1) is 0 Å². The Labute approximate surface area is 206 Å². The molecule has 0 saturated heterocycles. The van der Waals surface area contributed by atoms with Crippen LogP contribution in [0.3, 0.4) is 0 Å². The summed E-state index contributed by atoms with van der Waals surface area (Å²) < 4.78 is 12.6. The molecule has 1 amide bonds. The number of hydrogen-bond acceptors (Lipinski definition) is 6. The zero-order chi connectivity index (χ0) is 23.9. The van der Waals surface area contributed by atoms with Crippen LogP contribution in [0.15, 0.2) is 77.0 Å². The molecule has 34 heavy (non-hydrogen) atoms.